The topological polar surface area (TPSA) is 54.9 Å². The predicted octanol–water partition coefficient (Wildman–Crippen LogP) is 2.76. The zero-order chi connectivity index (χ0) is 18.4. The third kappa shape index (κ3) is 3.12. The number of fused-ring (bicyclic) bond motifs is 1. The molecule has 0 spiro atoms. The van der Waals surface area contributed by atoms with Crippen LogP contribution < -0.4 is 4.90 Å². The van der Waals surface area contributed by atoms with Crippen molar-refractivity contribution < 1.29 is 10.0 Å². The molecule has 1 aliphatic heterocycles. The summed E-state index contributed by atoms with van der Waals surface area (Å²) in [6.45, 7) is 10.9. The van der Waals surface area contributed by atoms with Crippen molar-refractivity contribution in [2.75, 3.05) is 13.1 Å². The minimum Gasteiger partial charge on any atom is -0.492 e. The van der Waals surface area contributed by atoms with E-state index in [2.05, 4.69) is 55.1 Å². The summed E-state index contributed by atoms with van der Waals surface area (Å²) in [7, 11) is 0. The molecule has 138 valence electrons. The lowest BCUT2D eigenvalue weighted by atomic mass is 9.89. The van der Waals surface area contributed by atoms with Crippen molar-refractivity contribution in [3.05, 3.63) is 46.1 Å². The Bertz CT molecular complexity index is 921. The Morgan fingerprint density at radius 1 is 1.23 bits per heavy atom. The van der Waals surface area contributed by atoms with Crippen LogP contribution in [0.4, 0.5) is 0 Å². The standard InChI is InChI=1S/C20H26N4OS/c1-12-6-5-7-16(9-12)17(23-10-13(2)8-14(3)11-23)18-19(25)24-20(26-18)21-15(4)22-24/h5-7,9,13-14,17,25H,8,10-11H2,1-4H3/p+1/t13-,14-,17+/m0/s1. The third-order valence-corrected chi connectivity index (χ3v) is 6.46. The van der Waals surface area contributed by atoms with Gasteiger partial charge in [-0.2, -0.15) is 4.52 Å². The minimum absolute atomic E-state index is 0.119. The number of nitrogens with one attached hydrogen (secondary N) is 1. The SMILES string of the molecule is Cc1cccc([C@H](c2sc3nc(C)nn3c2O)[NH+]2C[C@@H](C)C[C@H](C)C2)c1. The predicted molar refractivity (Wildman–Crippen MR) is 104 cm³/mol. The van der Waals surface area contributed by atoms with Crippen LogP contribution in [0.15, 0.2) is 24.3 Å². The molecule has 2 N–H and O–H groups in total. The number of aryl methyl sites for hydroxylation is 2. The molecular weight excluding hydrogens is 344 g/mol. The summed E-state index contributed by atoms with van der Waals surface area (Å²) in [6.07, 6.45) is 1.28. The Hall–Kier alpha value is -1.92. The maximum atomic E-state index is 10.9. The van der Waals surface area contributed by atoms with Gasteiger partial charge < -0.3 is 10.0 Å². The average Bonchev–Trinajstić information content (AvgIpc) is 3.05. The summed E-state index contributed by atoms with van der Waals surface area (Å²) >= 11 is 1.57. The first-order valence-electron chi connectivity index (χ1n) is 9.38. The number of benzene rings is 1. The maximum Gasteiger partial charge on any atom is 0.235 e. The molecule has 0 radical (unpaired) electrons. The molecular formula is C20H27N4OS+. The molecule has 1 saturated heterocycles. The molecule has 6 heteroatoms. The van der Waals surface area contributed by atoms with E-state index < -0.39 is 0 Å². The second kappa shape index (κ2) is 6.67. The quantitative estimate of drug-likeness (QED) is 0.744. The molecule has 2 aromatic heterocycles. The van der Waals surface area contributed by atoms with Gasteiger partial charge in [0, 0.05) is 17.4 Å². The third-order valence-electron chi connectivity index (χ3n) is 5.38. The van der Waals surface area contributed by atoms with Crippen molar-refractivity contribution in [3.63, 3.8) is 0 Å². The fourth-order valence-corrected chi connectivity index (χ4v) is 5.71. The first-order valence-corrected chi connectivity index (χ1v) is 10.2. The highest BCUT2D eigenvalue weighted by Gasteiger charge is 2.37. The number of hydrogen-bond acceptors (Lipinski definition) is 4. The molecule has 0 aliphatic carbocycles. The molecule has 3 heterocycles. The van der Waals surface area contributed by atoms with Gasteiger partial charge in [-0.05, 0) is 26.3 Å². The number of nitrogens with zero attached hydrogens (tertiary/aromatic N) is 3. The Morgan fingerprint density at radius 2 is 1.96 bits per heavy atom. The van der Waals surface area contributed by atoms with E-state index in [0.29, 0.717) is 17.7 Å². The molecule has 4 rings (SSSR count). The Balaban J connectivity index is 1.84. The van der Waals surface area contributed by atoms with Crippen LogP contribution in [0.25, 0.3) is 4.96 Å². The molecule has 3 atom stereocenters. The highest BCUT2D eigenvalue weighted by atomic mass is 32.1. The molecule has 1 fully saturated rings. The second-order valence-electron chi connectivity index (χ2n) is 8.00. The van der Waals surface area contributed by atoms with Gasteiger partial charge in [-0.25, -0.2) is 4.98 Å². The molecule has 1 aromatic carbocycles. The molecule has 3 aromatic rings. The lowest BCUT2D eigenvalue weighted by molar-refractivity contribution is -0.936. The van der Waals surface area contributed by atoms with Crippen LogP contribution in [0.2, 0.25) is 0 Å². The van der Waals surface area contributed by atoms with Crippen LogP contribution >= 0.6 is 11.3 Å². The van der Waals surface area contributed by atoms with Gasteiger partial charge in [0.25, 0.3) is 0 Å². The number of likely N-dealkylation sites (tertiary alicyclic amines) is 1. The lowest BCUT2D eigenvalue weighted by Gasteiger charge is -2.37. The number of piperidine rings is 1. The van der Waals surface area contributed by atoms with E-state index in [1.165, 1.54) is 22.4 Å². The molecule has 0 unspecified atom stereocenters. The largest absolute Gasteiger partial charge is 0.492 e. The summed E-state index contributed by atoms with van der Waals surface area (Å²) < 4.78 is 1.59. The maximum absolute atomic E-state index is 10.9. The molecule has 26 heavy (non-hydrogen) atoms. The Labute approximate surface area is 158 Å². The Morgan fingerprint density at radius 3 is 2.62 bits per heavy atom. The van der Waals surface area contributed by atoms with E-state index in [0.717, 1.165) is 22.9 Å². The molecule has 0 amide bonds. The Kier molecular flexibility index (Phi) is 4.49. The molecule has 0 bridgehead atoms. The number of aromatic nitrogens is 3. The van der Waals surface area contributed by atoms with Crippen molar-refractivity contribution in [2.45, 2.75) is 40.2 Å². The lowest BCUT2D eigenvalue weighted by Crippen LogP contribution is -3.14. The van der Waals surface area contributed by atoms with E-state index in [-0.39, 0.29) is 11.9 Å². The van der Waals surface area contributed by atoms with Crippen molar-refractivity contribution in [1.29, 1.82) is 0 Å². The summed E-state index contributed by atoms with van der Waals surface area (Å²) in [5.41, 5.74) is 2.51. The van der Waals surface area contributed by atoms with Gasteiger partial charge in [0.05, 0.1) is 13.1 Å². The first-order chi connectivity index (χ1) is 12.4. The van der Waals surface area contributed by atoms with Crippen LogP contribution in [0.3, 0.4) is 0 Å². The molecule has 1 aliphatic rings. The summed E-state index contributed by atoms with van der Waals surface area (Å²) in [6, 6.07) is 8.81. The monoisotopic (exact) mass is 371 g/mol. The van der Waals surface area contributed by atoms with Crippen LogP contribution in [0.1, 0.15) is 48.1 Å². The van der Waals surface area contributed by atoms with Crippen molar-refractivity contribution in [2.24, 2.45) is 11.8 Å². The van der Waals surface area contributed by atoms with Crippen LogP contribution in [0.5, 0.6) is 5.88 Å². The highest BCUT2D eigenvalue weighted by molar-refractivity contribution is 7.17. The van der Waals surface area contributed by atoms with E-state index in [9.17, 15) is 5.11 Å². The first kappa shape index (κ1) is 17.5. The number of rotatable bonds is 3. The van der Waals surface area contributed by atoms with E-state index in [1.807, 2.05) is 6.92 Å². The van der Waals surface area contributed by atoms with Gasteiger partial charge in [0.2, 0.25) is 10.8 Å². The normalized spacial score (nSPS) is 24.8. The fraction of sp³-hybridized carbons (Fsp3) is 0.500. The van der Waals surface area contributed by atoms with Gasteiger partial charge >= 0.3 is 0 Å². The van der Waals surface area contributed by atoms with Gasteiger partial charge in [-0.15, -0.1) is 5.10 Å². The number of hydrogen-bond donors (Lipinski definition) is 2. The minimum atomic E-state index is 0.119. The number of thiazole rings is 1. The zero-order valence-corrected chi connectivity index (χ0v) is 16.7. The summed E-state index contributed by atoms with van der Waals surface area (Å²) in [5.74, 6) is 2.31. The average molecular weight is 372 g/mol. The molecule has 5 nitrogen and oxygen atoms in total. The van der Waals surface area contributed by atoms with Gasteiger partial charge in [-0.3, -0.25) is 0 Å². The van der Waals surface area contributed by atoms with E-state index >= 15 is 0 Å². The van der Waals surface area contributed by atoms with Gasteiger partial charge in [-0.1, -0.05) is 48.9 Å². The van der Waals surface area contributed by atoms with Crippen LogP contribution in [-0.4, -0.2) is 32.8 Å². The van der Waals surface area contributed by atoms with Crippen LogP contribution in [0, 0.1) is 25.7 Å². The van der Waals surface area contributed by atoms with Crippen LogP contribution in [-0.2, 0) is 0 Å². The fourth-order valence-electron chi connectivity index (χ4n) is 4.53. The van der Waals surface area contributed by atoms with E-state index in [4.69, 9.17) is 0 Å². The van der Waals surface area contributed by atoms with Crippen molar-refractivity contribution >= 4 is 16.3 Å². The number of quaternary nitrogens is 1. The van der Waals surface area contributed by atoms with Gasteiger partial charge in [0.1, 0.15) is 10.7 Å². The zero-order valence-electron chi connectivity index (χ0n) is 15.9. The number of aromatic hydroxyl groups is 1. The highest BCUT2D eigenvalue weighted by Crippen LogP contribution is 2.35. The van der Waals surface area contributed by atoms with Gasteiger partial charge in [0.15, 0.2) is 6.04 Å². The van der Waals surface area contributed by atoms with Crippen molar-refractivity contribution in [3.8, 4) is 5.88 Å². The summed E-state index contributed by atoms with van der Waals surface area (Å²) in [5, 5.41) is 15.3. The summed E-state index contributed by atoms with van der Waals surface area (Å²) in [4.78, 5) is 7.73. The molecule has 0 saturated carbocycles. The second-order valence-corrected chi connectivity index (χ2v) is 9.01. The van der Waals surface area contributed by atoms with E-state index in [1.54, 1.807) is 15.9 Å². The smallest absolute Gasteiger partial charge is 0.235 e. The van der Waals surface area contributed by atoms with Crippen molar-refractivity contribution in [1.82, 2.24) is 14.6 Å².